The zero-order valence-electron chi connectivity index (χ0n) is 12.4. The fraction of sp³-hybridized carbons (Fsp3) is 0.400. The Morgan fingerprint density at radius 2 is 2.14 bits per heavy atom. The van der Waals surface area contributed by atoms with Gasteiger partial charge in [-0.25, -0.2) is 4.52 Å². The molecule has 0 radical (unpaired) electrons. The van der Waals surface area contributed by atoms with Gasteiger partial charge in [-0.05, 0) is 54.9 Å². The van der Waals surface area contributed by atoms with Gasteiger partial charge < -0.3 is 0 Å². The molecule has 1 saturated carbocycles. The Kier molecular flexibility index (Phi) is 3.38. The third kappa shape index (κ3) is 3.37. The molecule has 1 aliphatic rings. The summed E-state index contributed by atoms with van der Waals surface area (Å²) >= 11 is 0. The average molecular weight is 302 g/mol. The van der Waals surface area contributed by atoms with Gasteiger partial charge in [-0.3, -0.25) is 10.1 Å². The Morgan fingerprint density at radius 3 is 2.81 bits per heavy atom. The molecule has 21 heavy (non-hydrogen) atoms. The second-order valence-electron chi connectivity index (χ2n) is 5.94. The standard InChI is InChI=1S/C15H18N4OS/c1-21(2,3)10-9-12-5-4-6-13-16-15(18-19(12)13)17-14(20)11-7-8-11/h4-6,11H,7-8H2,1-3H3,(H,17,18,20). The lowest BCUT2D eigenvalue weighted by Gasteiger charge is -2.14. The highest BCUT2D eigenvalue weighted by Gasteiger charge is 2.30. The molecule has 0 atom stereocenters. The predicted molar refractivity (Wildman–Crippen MR) is 86.6 cm³/mol. The lowest BCUT2D eigenvalue weighted by atomic mass is 10.3. The van der Waals surface area contributed by atoms with Crippen molar-refractivity contribution in [3.8, 4) is 11.2 Å². The Balaban J connectivity index is 1.92. The molecule has 1 N–H and O–H groups in total. The van der Waals surface area contributed by atoms with Gasteiger partial charge in [-0.2, -0.15) is 15.0 Å². The summed E-state index contributed by atoms with van der Waals surface area (Å²) in [5, 5.41) is 10.4. The fourth-order valence-corrected chi connectivity index (χ4v) is 2.23. The molecule has 5 nitrogen and oxygen atoms in total. The first-order valence-electron chi connectivity index (χ1n) is 6.80. The van der Waals surface area contributed by atoms with Crippen LogP contribution in [-0.4, -0.2) is 39.3 Å². The highest BCUT2D eigenvalue weighted by molar-refractivity contribution is 8.35. The van der Waals surface area contributed by atoms with E-state index in [1.807, 2.05) is 18.2 Å². The van der Waals surface area contributed by atoms with Crippen molar-refractivity contribution < 1.29 is 4.79 Å². The molecule has 0 aliphatic heterocycles. The number of amides is 1. The first-order chi connectivity index (χ1) is 9.92. The van der Waals surface area contributed by atoms with Crippen LogP contribution < -0.4 is 5.32 Å². The third-order valence-electron chi connectivity index (χ3n) is 3.03. The van der Waals surface area contributed by atoms with Crippen LogP contribution in [0, 0.1) is 17.1 Å². The van der Waals surface area contributed by atoms with Gasteiger partial charge in [0.1, 0.15) is 5.69 Å². The largest absolute Gasteiger partial charge is 0.293 e. The molecule has 1 fully saturated rings. The van der Waals surface area contributed by atoms with Crippen LogP contribution in [0.5, 0.6) is 0 Å². The lowest BCUT2D eigenvalue weighted by molar-refractivity contribution is -0.117. The molecule has 2 aromatic heterocycles. The van der Waals surface area contributed by atoms with Gasteiger partial charge in [0.2, 0.25) is 11.9 Å². The molecule has 6 heteroatoms. The number of anilines is 1. The number of fused-ring (bicyclic) bond motifs is 1. The minimum Gasteiger partial charge on any atom is -0.293 e. The summed E-state index contributed by atoms with van der Waals surface area (Å²) in [5.74, 6) is 3.67. The van der Waals surface area contributed by atoms with Crippen LogP contribution in [0.15, 0.2) is 18.2 Å². The molecule has 0 aromatic carbocycles. The Morgan fingerprint density at radius 1 is 1.38 bits per heavy atom. The summed E-state index contributed by atoms with van der Waals surface area (Å²) in [6.45, 7) is 0. The van der Waals surface area contributed by atoms with Crippen LogP contribution >= 0.6 is 10.0 Å². The lowest BCUT2D eigenvalue weighted by Crippen LogP contribution is -2.14. The van der Waals surface area contributed by atoms with Gasteiger partial charge in [0.15, 0.2) is 5.65 Å². The molecule has 2 heterocycles. The molecule has 1 amide bonds. The van der Waals surface area contributed by atoms with Crippen LogP contribution in [0.3, 0.4) is 0 Å². The molecule has 0 bridgehead atoms. The Labute approximate surface area is 125 Å². The molecular formula is C15H18N4OS. The van der Waals surface area contributed by atoms with Crippen molar-refractivity contribution in [1.82, 2.24) is 14.6 Å². The zero-order valence-corrected chi connectivity index (χ0v) is 13.2. The number of hydrogen-bond donors (Lipinski definition) is 1. The molecule has 110 valence electrons. The topological polar surface area (TPSA) is 59.3 Å². The molecule has 0 spiro atoms. The summed E-state index contributed by atoms with van der Waals surface area (Å²) in [6, 6.07) is 5.67. The number of pyridine rings is 1. The molecular weight excluding hydrogens is 284 g/mol. The van der Waals surface area contributed by atoms with Gasteiger partial charge in [0.25, 0.3) is 0 Å². The smallest absolute Gasteiger partial charge is 0.249 e. The quantitative estimate of drug-likeness (QED) is 0.864. The van der Waals surface area contributed by atoms with Crippen molar-refractivity contribution in [3.63, 3.8) is 0 Å². The summed E-state index contributed by atoms with van der Waals surface area (Å²) in [7, 11) is -0.899. The van der Waals surface area contributed by atoms with E-state index in [4.69, 9.17) is 0 Å². The third-order valence-corrected chi connectivity index (χ3v) is 3.74. The Bertz CT molecular complexity index is 759. The maximum absolute atomic E-state index is 11.8. The van der Waals surface area contributed by atoms with E-state index in [-0.39, 0.29) is 11.8 Å². The number of carbonyl (C=O) groups excluding carboxylic acids is 1. The predicted octanol–water partition coefficient (Wildman–Crippen LogP) is 2.08. The first kappa shape index (κ1) is 14.0. The fourth-order valence-electron chi connectivity index (χ4n) is 1.82. The molecule has 2 aromatic rings. The van der Waals surface area contributed by atoms with E-state index in [1.54, 1.807) is 4.52 Å². The van der Waals surface area contributed by atoms with Gasteiger partial charge in [-0.15, -0.1) is 5.10 Å². The summed E-state index contributed by atoms with van der Waals surface area (Å²) in [4.78, 5) is 16.1. The van der Waals surface area contributed by atoms with E-state index in [2.05, 4.69) is 45.3 Å². The van der Waals surface area contributed by atoms with Crippen molar-refractivity contribution >= 4 is 27.5 Å². The van der Waals surface area contributed by atoms with Crippen LogP contribution in [0.1, 0.15) is 18.5 Å². The minimum atomic E-state index is -0.899. The molecule has 0 saturated heterocycles. The molecule has 0 unspecified atom stereocenters. The highest BCUT2D eigenvalue weighted by atomic mass is 32.3. The second kappa shape index (κ2) is 5.08. The zero-order chi connectivity index (χ0) is 15.0. The van der Waals surface area contributed by atoms with Crippen molar-refractivity contribution in [2.75, 3.05) is 24.1 Å². The van der Waals surface area contributed by atoms with E-state index >= 15 is 0 Å². The maximum atomic E-state index is 11.8. The maximum Gasteiger partial charge on any atom is 0.249 e. The SMILES string of the molecule is CS(C)(C)C#Cc1cccc2nc(NC(=O)C3CC3)nn12. The van der Waals surface area contributed by atoms with Crippen LogP contribution in [0.2, 0.25) is 0 Å². The van der Waals surface area contributed by atoms with Crippen LogP contribution in [0.4, 0.5) is 5.95 Å². The Hall–Kier alpha value is -2.00. The van der Waals surface area contributed by atoms with Gasteiger partial charge in [-0.1, -0.05) is 6.07 Å². The van der Waals surface area contributed by atoms with E-state index in [0.717, 1.165) is 18.5 Å². The van der Waals surface area contributed by atoms with Crippen LogP contribution in [0.25, 0.3) is 5.65 Å². The number of aromatic nitrogens is 3. The van der Waals surface area contributed by atoms with Gasteiger partial charge in [0, 0.05) is 5.92 Å². The van der Waals surface area contributed by atoms with Crippen molar-refractivity contribution in [3.05, 3.63) is 23.9 Å². The second-order valence-corrected chi connectivity index (χ2v) is 9.82. The van der Waals surface area contributed by atoms with E-state index < -0.39 is 10.0 Å². The van der Waals surface area contributed by atoms with Gasteiger partial charge >= 0.3 is 0 Å². The van der Waals surface area contributed by atoms with E-state index in [1.165, 1.54) is 0 Å². The van der Waals surface area contributed by atoms with Crippen molar-refractivity contribution in [2.24, 2.45) is 5.92 Å². The average Bonchev–Trinajstić information content (AvgIpc) is 3.16. The normalized spacial score (nSPS) is 15.4. The highest BCUT2D eigenvalue weighted by Crippen LogP contribution is 2.32. The van der Waals surface area contributed by atoms with Crippen molar-refractivity contribution in [1.29, 1.82) is 0 Å². The first-order valence-corrected chi connectivity index (χ1v) is 9.66. The number of carbonyl (C=O) groups is 1. The summed E-state index contributed by atoms with van der Waals surface area (Å²) < 4.78 is 1.68. The number of nitrogens with zero attached hydrogens (tertiary/aromatic N) is 3. The number of nitrogens with one attached hydrogen (secondary N) is 1. The number of hydrogen-bond acceptors (Lipinski definition) is 3. The monoisotopic (exact) mass is 302 g/mol. The minimum absolute atomic E-state index is 0.0117. The summed E-state index contributed by atoms with van der Waals surface area (Å²) in [5.41, 5.74) is 1.48. The van der Waals surface area contributed by atoms with Crippen LogP contribution in [-0.2, 0) is 4.79 Å². The summed E-state index contributed by atoms with van der Waals surface area (Å²) in [6.07, 6.45) is 8.35. The molecule has 3 rings (SSSR count). The number of rotatable bonds is 2. The van der Waals surface area contributed by atoms with E-state index in [0.29, 0.717) is 11.6 Å². The van der Waals surface area contributed by atoms with Crippen molar-refractivity contribution in [2.45, 2.75) is 12.8 Å². The van der Waals surface area contributed by atoms with Gasteiger partial charge in [0.05, 0.1) is 0 Å². The van der Waals surface area contributed by atoms with E-state index in [9.17, 15) is 4.79 Å². The molecule has 1 aliphatic carbocycles.